The van der Waals surface area contributed by atoms with Gasteiger partial charge in [0, 0.05) is 18.3 Å². The van der Waals surface area contributed by atoms with Gasteiger partial charge >= 0.3 is 7.05 Å². The zero-order valence-electron chi connectivity index (χ0n) is 10.9. The molecule has 1 aromatic rings. The molecule has 0 saturated heterocycles. The summed E-state index contributed by atoms with van der Waals surface area (Å²) < 4.78 is 18.7. The van der Waals surface area contributed by atoms with Gasteiger partial charge < -0.3 is 20.3 Å². The molecule has 0 atom stereocenters. The van der Waals surface area contributed by atoms with Gasteiger partial charge in [0.15, 0.2) is 11.6 Å². The Labute approximate surface area is 108 Å². The van der Waals surface area contributed by atoms with E-state index in [1.807, 2.05) is 11.7 Å². The van der Waals surface area contributed by atoms with Crippen molar-refractivity contribution in [3.63, 3.8) is 0 Å². The molecule has 18 heavy (non-hydrogen) atoms. The maximum Gasteiger partial charge on any atom is 0.376 e. The van der Waals surface area contributed by atoms with Crippen LogP contribution in [0.15, 0.2) is 18.2 Å². The van der Waals surface area contributed by atoms with Gasteiger partial charge in [-0.2, -0.15) is 0 Å². The lowest BCUT2D eigenvalue weighted by Gasteiger charge is -2.22. The van der Waals surface area contributed by atoms with Crippen molar-refractivity contribution in [3.8, 4) is 5.75 Å². The highest BCUT2D eigenvalue weighted by atomic mass is 19.1. The third-order valence-electron chi connectivity index (χ3n) is 2.63. The Morgan fingerprint density at radius 1 is 1.44 bits per heavy atom. The van der Waals surface area contributed by atoms with Crippen LogP contribution in [-0.4, -0.2) is 36.6 Å². The van der Waals surface area contributed by atoms with Crippen LogP contribution in [0.25, 0.3) is 0 Å². The van der Waals surface area contributed by atoms with Gasteiger partial charge in [-0.1, -0.05) is 6.92 Å². The number of hydrogen-bond acceptors (Lipinski definition) is 4. The van der Waals surface area contributed by atoms with Crippen LogP contribution in [0.1, 0.15) is 13.3 Å². The molecule has 4 nitrogen and oxygen atoms in total. The molecular formula is C12H20BFN2O2. The number of nitrogens with zero attached hydrogens (tertiary/aromatic N) is 1. The largest absolute Gasteiger partial charge is 0.489 e. The number of rotatable bonds is 7. The average Bonchev–Trinajstić information content (AvgIpc) is 2.30. The highest BCUT2D eigenvalue weighted by molar-refractivity contribution is 6.45. The van der Waals surface area contributed by atoms with Crippen molar-refractivity contribution in [1.82, 2.24) is 4.81 Å². The van der Waals surface area contributed by atoms with Crippen molar-refractivity contribution in [3.05, 3.63) is 24.0 Å². The van der Waals surface area contributed by atoms with Crippen LogP contribution in [0.3, 0.4) is 0 Å². The van der Waals surface area contributed by atoms with Crippen LogP contribution in [0, 0.1) is 5.82 Å². The molecule has 0 unspecified atom stereocenters. The molecule has 0 bridgehead atoms. The summed E-state index contributed by atoms with van der Waals surface area (Å²) in [5, 5.41) is 9.51. The number of nitrogens with two attached hydrogens (primary N) is 1. The molecule has 1 rings (SSSR count). The molecule has 0 saturated carbocycles. The summed E-state index contributed by atoms with van der Waals surface area (Å²) in [6.45, 7) is 5.40. The molecule has 0 amide bonds. The zero-order chi connectivity index (χ0) is 13.5. The quantitative estimate of drug-likeness (QED) is 0.573. The minimum Gasteiger partial charge on any atom is -0.489 e. The Bertz CT molecular complexity index is 377. The van der Waals surface area contributed by atoms with Crippen LogP contribution < -0.4 is 10.5 Å². The highest BCUT2D eigenvalue weighted by Gasteiger charge is 2.14. The van der Waals surface area contributed by atoms with Gasteiger partial charge in [0.2, 0.25) is 0 Å². The average molecular weight is 254 g/mol. The van der Waals surface area contributed by atoms with Gasteiger partial charge in [-0.15, -0.1) is 0 Å². The number of nitrogen functional groups attached to an aromatic ring is 1. The molecule has 0 aliphatic carbocycles. The van der Waals surface area contributed by atoms with Gasteiger partial charge in [-0.25, -0.2) is 4.39 Å². The van der Waals surface area contributed by atoms with E-state index in [1.165, 1.54) is 12.1 Å². The van der Waals surface area contributed by atoms with Crippen molar-refractivity contribution in [2.75, 3.05) is 25.4 Å². The molecule has 1 aromatic carbocycles. The summed E-state index contributed by atoms with van der Waals surface area (Å²) >= 11 is 0. The van der Waals surface area contributed by atoms with Crippen LogP contribution >= 0.6 is 0 Å². The molecule has 100 valence electrons. The highest BCUT2D eigenvalue weighted by Crippen LogP contribution is 2.19. The second-order valence-electron chi connectivity index (χ2n) is 4.21. The second-order valence-corrected chi connectivity index (χ2v) is 4.21. The molecule has 0 radical (unpaired) electrons. The molecule has 0 fully saturated rings. The lowest BCUT2D eigenvalue weighted by molar-refractivity contribution is 0.250. The van der Waals surface area contributed by atoms with E-state index in [9.17, 15) is 9.41 Å². The van der Waals surface area contributed by atoms with Crippen molar-refractivity contribution in [2.24, 2.45) is 0 Å². The Balaban J connectivity index is 2.45. The first kappa shape index (κ1) is 14.8. The number of ether oxygens (including phenoxy) is 1. The van der Waals surface area contributed by atoms with E-state index in [1.54, 1.807) is 12.9 Å². The summed E-state index contributed by atoms with van der Waals surface area (Å²) in [5.74, 6) is -0.277. The third kappa shape index (κ3) is 4.54. The second kappa shape index (κ2) is 7.23. The first-order valence-corrected chi connectivity index (χ1v) is 6.14. The van der Waals surface area contributed by atoms with Crippen molar-refractivity contribution >= 4 is 12.7 Å². The predicted molar refractivity (Wildman–Crippen MR) is 72.0 cm³/mol. The van der Waals surface area contributed by atoms with E-state index in [-0.39, 0.29) is 5.75 Å². The van der Waals surface area contributed by atoms with E-state index in [0.29, 0.717) is 18.8 Å². The molecule has 0 aliphatic rings. The van der Waals surface area contributed by atoms with E-state index in [4.69, 9.17) is 10.5 Å². The monoisotopic (exact) mass is 254 g/mol. The topological polar surface area (TPSA) is 58.7 Å². The number of halogens is 1. The standard InChI is InChI=1S/C12H20BFN2O2/c1-3-6-16(13(2)17)7-8-18-12-5-4-10(15)9-11(12)14/h4-5,9,17H,3,6-8,15H2,1-2H3. The van der Waals surface area contributed by atoms with Crippen LogP contribution in [0.4, 0.5) is 10.1 Å². The molecule has 0 aliphatic heterocycles. The number of benzene rings is 1. The van der Waals surface area contributed by atoms with Crippen LogP contribution in [0.2, 0.25) is 6.82 Å². The summed E-state index contributed by atoms with van der Waals surface area (Å²) in [6.07, 6.45) is 0.946. The lowest BCUT2D eigenvalue weighted by Crippen LogP contribution is -2.40. The minimum atomic E-state index is -0.523. The maximum atomic E-state index is 13.4. The zero-order valence-corrected chi connectivity index (χ0v) is 10.9. The summed E-state index contributed by atoms with van der Waals surface area (Å²) in [7, 11) is -0.523. The van der Waals surface area contributed by atoms with Crippen LogP contribution in [-0.2, 0) is 0 Å². The normalized spacial score (nSPS) is 10.7. The summed E-state index contributed by atoms with van der Waals surface area (Å²) in [4.78, 5) is 1.87. The predicted octanol–water partition coefficient (Wildman–Crippen LogP) is 1.61. The fourth-order valence-electron chi connectivity index (χ4n) is 1.68. The molecule has 6 heteroatoms. The van der Waals surface area contributed by atoms with E-state index in [0.717, 1.165) is 13.0 Å². The van der Waals surface area contributed by atoms with Crippen molar-refractivity contribution in [2.45, 2.75) is 20.2 Å². The third-order valence-corrected chi connectivity index (χ3v) is 2.63. The van der Waals surface area contributed by atoms with Gasteiger partial charge in [-0.3, -0.25) is 0 Å². The smallest absolute Gasteiger partial charge is 0.376 e. The lowest BCUT2D eigenvalue weighted by atomic mass is 9.85. The van der Waals surface area contributed by atoms with Crippen molar-refractivity contribution < 1.29 is 14.2 Å². The maximum absolute atomic E-state index is 13.4. The first-order valence-electron chi connectivity index (χ1n) is 6.14. The minimum absolute atomic E-state index is 0.186. The molecule has 0 spiro atoms. The van der Waals surface area contributed by atoms with Crippen molar-refractivity contribution in [1.29, 1.82) is 0 Å². The molecular weight excluding hydrogens is 234 g/mol. The van der Waals surface area contributed by atoms with Crippen LogP contribution in [0.5, 0.6) is 5.75 Å². The van der Waals surface area contributed by atoms with Gasteiger partial charge in [0.1, 0.15) is 6.61 Å². The first-order chi connectivity index (χ1) is 8.54. The molecule has 0 aromatic heterocycles. The summed E-state index contributed by atoms with van der Waals surface area (Å²) in [5.41, 5.74) is 5.82. The van der Waals surface area contributed by atoms with E-state index in [2.05, 4.69) is 0 Å². The molecule has 0 heterocycles. The number of anilines is 1. The summed E-state index contributed by atoms with van der Waals surface area (Å²) in [6, 6.07) is 4.34. The fourth-order valence-corrected chi connectivity index (χ4v) is 1.68. The Morgan fingerprint density at radius 2 is 2.17 bits per heavy atom. The Kier molecular flexibility index (Phi) is 5.94. The van der Waals surface area contributed by atoms with E-state index >= 15 is 0 Å². The molecule has 3 N–H and O–H groups in total. The SMILES string of the molecule is CCCN(CCOc1ccc(N)cc1F)B(C)O. The number of hydrogen-bond donors (Lipinski definition) is 2. The van der Waals surface area contributed by atoms with Gasteiger partial charge in [0.05, 0.1) is 0 Å². The van der Waals surface area contributed by atoms with Gasteiger partial charge in [-0.05, 0) is 31.9 Å². The Hall–Kier alpha value is -1.27. The van der Waals surface area contributed by atoms with E-state index < -0.39 is 12.9 Å². The Morgan fingerprint density at radius 3 is 2.72 bits per heavy atom. The van der Waals surface area contributed by atoms with Gasteiger partial charge in [0.25, 0.3) is 0 Å². The fraction of sp³-hybridized carbons (Fsp3) is 0.500.